The molecular formula is C23H27N2O3+. The molecule has 146 valence electrons. The van der Waals surface area contributed by atoms with Crippen molar-refractivity contribution in [3.8, 4) is 0 Å². The van der Waals surface area contributed by atoms with Crippen molar-refractivity contribution in [3.63, 3.8) is 0 Å². The number of aryl methyl sites for hydroxylation is 2. The monoisotopic (exact) mass is 379 g/mol. The van der Waals surface area contributed by atoms with Gasteiger partial charge in [0.1, 0.15) is 5.76 Å². The Labute approximate surface area is 165 Å². The smallest absolute Gasteiger partial charge is 0.295 e. The molecule has 1 amide bonds. The van der Waals surface area contributed by atoms with Crippen LogP contribution in [0.1, 0.15) is 28.3 Å². The Hall–Kier alpha value is -2.92. The van der Waals surface area contributed by atoms with Crippen LogP contribution < -0.4 is 4.90 Å². The molecule has 0 radical (unpaired) electrons. The average molecular weight is 379 g/mol. The van der Waals surface area contributed by atoms with Crippen molar-refractivity contribution in [2.75, 3.05) is 27.2 Å². The van der Waals surface area contributed by atoms with Gasteiger partial charge in [-0.25, -0.2) is 0 Å². The Kier molecular flexibility index (Phi) is 5.66. The third-order valence-corrected chi connectivity index (χ3v) is 5.11. The molecule has 1 atom stereocenters. The lowest BCUT2D eigenvalue weighted by molar-refractivity contribution is -0.857. The lowest BCUT2D eigenvalue weighted by atomic mass is 9.94. The number of carbonyl (C=O) groups excluding carboxylic acids is 2. The molecule has 0 spiro atoms. The van der Waals surface area contributed by atoms with Gasteiger partial charge in [0.2, 0.25) is 0 Å². The molecule has 0 bridgehead atoms. The van der Waals surface area contributed by atoms with Gasteiger partial charge in [-0.2, -0.15) is 0 Å². The first kappa shape index (κ1) is 19.8. The van der Waals surface area contributed by atoms with E-state index in [1.807, 2.05) is 64.3 Å². The van der Waals surface area contributed by atoms with Gasteiger partial charge in [-0.1, -0.05) is 59.7 Å². The van der Waals surface area contributed by atoms with E-state index in [0.717, 1.165) is 16.7 Å². The van der Waals surface area contributed by atoms with Crippen LogP contribution in [0.25, 0.3) is 5.76 Å². The molecule has 1 aliphatic rings. The fourth-order valence-corrected chi connectivity index (χ4v) is 3.42. The number of aliphatic hydroxyl groups excluding tert-OH is 1. The van der Waals surface area contributed by atoms with E-state index in [1.165, 1.54) is 4.90 Å². The van der Waals surface area contributed by atoms with E-state index in [4.69, 9.17) is 0 Å². The highest BCUT2D eigenvalue weighted by Crippen LogP contribution is 2.39. The van der Waals surface area contributed by atoms with E-state index in [1.54, 1.807) is 17.0 Å². The molecular weight excluding hydrogens is 352 g/mol. The van der Waals surface area contributed by atoms with E-state index in [9.17, 15) is 14.7 Å². The number of benzene rings is 2. The van der Waals surface area contributed by atoms with Crippen LogP contribution in [0.5, 0.6) is 0 Å². The van der Waals surface area contributed by atoms with Crippen molar-refractivity contribution in [2.24, 2.45) is 0 Å². The summed E-state index contributed by atoms with van der Waals surface area (Å²) in [7, 11) is 4.01. The predicted molar refractivity (Wildman–Crippen MR) is 109 cm³/mol. The second-order valence-corrected chi connectivity index (χ2v) is 7.73. The highest BCUT2D eigenvalue weighted by Gasteiger charge is 2.46. The summed E-state index contributed by atoms with van der Waals surface area (Å²) in [6.45, 7) is 5.09. The molecule has 0 aliphatic carbocycles. The number of carbonyl (C=O) groups is 2. The molecule has 2 aromatic carbocycles. The number of rotatable bonds is 5. The number of likely N-dealkylation sites (tertiary alicyclic amines) is 1. The predicted octanol–water partition coefficient (Wildman–Crippen LogP) is 1.87. The maximum absolute atomic E-state index is 12.9. The third kappa shape index (κ3) is 3.85. The Morgan fingerprint density at radius 2 is 1.50 bits per heavy atom. The van der Waals surface area contributed by atoms with Crippen LogP contribution in [0.15, 0.2) is 54.1 Å². The fourth-order valence-electron chi connectivity index (χ4n) is 3.42. The van der Waals surface area contributed by atoms with Gasteiger partial charge in [-0.05, 0) is 19.4 Å². The molecule has 1 saturated heterocycles. The minimum Gasteiger partial charge on any atom is -0.507 e. The number of Topliss-reactive ketones (excluding diaryl/α,β-unsaturated/α-hetero) is 1. The zero-order valence-corrected chi connectivity index (χ0v) is 16.8. The summed E-state index contributed by atoms with van der Waals surface area (Å²) in [6, 6.07) is 14.5. The lowest BCUT2D eigenvalue weighted by Gasteiger charge is -2.25. The first-order valence-corrected chi connectivity index (χ1v) is 9.50. The molecule has 5 heteroatoms. The number of likely N-dealkylation sites (N-methyl/N-ethyl adjacent to an activating group) is 1. The minimum atomic E-state index is -0.627. The third-order valence-electron chi connectivity index (χ3n) is 5.11. The molecule has 5 nitrogen and oxygen atoms in total. The van der Waals surface area contributed by atoms with Gasteiger partial charge in [-0.15, -0.1) is 0 Å². The van der Waals surface area contributed by atoms with Crippen molar-refractivity contribution >= 4 is 17.4 Å². The van der Waals surface area contributed by atoms with E-state index in [-0.39, 0.29) is 11.3 Å². The Bertz CT molecular complexity index is 912. The van der Waals surface area contributed by atoms with Crippen molar-refractivity contribution < 1.29 is 19.6 Å². The first-order valence-electron chi connectivity index (χ1n) is 9.50. The van der Waals surface area contributed by atoms with Crippen LogP contribution in [0.3, 0.4) is 0 Å². The van der Waals surface area contributed by atoms with Crippen LogP contribution >= 0.6 is 0 Å². The Balaban J connectivity index is 2.13. The van der Waals surface area contributed by atoms with Gasteiger partial charge >= 0.3 is 0 Å². The summed E-state index contributed by atoms with van der Waals surface area (Å²) >= 11 is 0. The van der Waals surface area contributed by atoms with Crippen LogP contribution in [0.2, 0.25) is 0 Å². The van der Waals surface area contributed by atoms with Crippen LogP contribution in [0.4, 0.5) is 0 Å². The van der Waals surface area contributed by atoms with E-state index in [2.05, 4.69) is 0 Å². The van der Waals surface area contributed by atoms with Crippen LogP contribution in [-0.2, 0) is 9.59 Å². The molecule has 1 fully saturated rings. The number of hydrogen-bond donors (Lipinski definition) is 2. The number of nitrogens with zero attached hydrogens (tertiary/aromatic N) is 1. The van der Waals surface area contributed by atoms with Crippen molar-refractivity contribution in [3.05, 3.63) is 76.4 Å². The lowest BCUT2D eigenvalue weighted by Crippen LogP contribution is -3.06. The zero-order chi connectivity index (χ0) is 20.4. The number of amides is 1. The standard InChI is InChI=1S/C23H26N2O3/c1-15-5-9-17(10-6-15)20-19(21(26)18-11-7-16(2)8-12-18)22(27)23(28)25(20)14-13-24(3)4/h5-12,20,26H,13-14H2,1-4H3/p+1/t20-/m1/s1. The molecule has 0 saturated carbocycles. The summed E-state index contributed by atoms with van der Waals surface area (Å²) in [5.41, 5.74) is 3.68. The van der Waals surface area contributed by atoms with Crippen LogP contribution in [-0.4, -0.2) is 48.9 Å². The molecule has 0 unspecified atom stereocenters. The number of nitrogens with one attached hydrogen (secondary N) is 1. The van der Waals surface area contributed by atoms with E-state index < -0.39 is 17.7 Å². The van der Waals surface area contributed by atoms with Gasteiger partial charge < -0.3 is 14.9 Å². The summed E-state index contributed by atoms with van der Waals surface area (Å²) < 4.78 is 0. The summed E-state index contributed by atoms with van der Waals surface area (Å²) in [4.78, 5) is 28.4. The number of quaternary nitrogens is 1. The maximum atomic E-state index is 12.9. The van der Waals surface area contributed by atoms with Crippen molar-refractivity contribution in [2.45, 2.75) is 19.9 Å². The second kappa shape index (κ2) is 7.98. The largest absolute Gasteiger partial charge is 0.507 e. The molecule has 28 heavy (non-hydrogen) atoms. The summed E-state index contributed by atoms with van der Waals surface area (Å²) in [5.74, 6) is -1.30. The van der Waals surface area contributed by atoms with Gasteiger partial charge in [0.05, 0.1) is 38.8 Å². The summed E-state index contributed by atoms with van der Waals surface area (Å²) in [5, 5.41) is 11.0. The van der Waals surface area contributed by atoms with Crippen molar-refractivity contribution in [1.29, 1.82) is 0 Å². The maximum Gasteiger partial charge on any atom is 0.295 e. The average Bonchev–Trinajstić information content (AvgIpc) is 2.91. The number of ketones is 1. The topological polar surface area (TPSA) is 62.0 Å². The fraction of sp³-hybridized carbons (Fsp3) is 0.304. The summed E-state index contributed by atoms with van der Waals surface area (Å²) in [6.07, 6.45) is 0. The molecule has 2 N–H and O–H groups in total. The van der Waals surface area contributed by atoms with Gasteiger partial charge in [0.25, 0.3) is 11.7 Å². The van der Waals surface area contributed by atoms with E-state index >= 15 is 0 Å². The Morgan fingerprint density at radius 3 is 2.04 bits per heavy atom. The minimum absolute atomic E-state index is 0.122. The molecule has 1 aliphatic heterocycles. The van der Waals surface area contributed by atoms with Crippen molar-refractivity contribution in [1.82, 2.24) is 4.90 Å². The normalized spacial score (nSPS) is 18.9. The number of aliphatic hydroxyl groups is 1. The molecule has 0 aromatic heterocycles. The van der Waals surface area contributed by atoms with E-state index in [0.29, 0.717) is 18.7 Å². The first-order chi connectivity index (χ1) is 13.3. The molecule has 2 aromatic rings. The zero-order valence-electron chi connectivity index (χ0n) is 16.8. The van der Waals surface area contributed by atoms with Gasteiger partial charge in [0, 0.05) is 5.56 Å². The second-order valence-electron chi connectivity index (χ2n) is 7.73. The Morgan fingerprint density at radius 1 is 0.964 bits per heavy atom. The number of hydrogen-bond acceptors (Lipinski definition) is 3. The SMILES string of the molecule is Cc1ccc(C(O)=C2C(=O)C(=O)N(CC[NH+](C)C)[C@@H]2c2ccc(C)cc2)cc1. The highest BCUT2D eigenvalue weighted by molar-refractivity contribution is 6.46. The molecule has 1 heterocycles. The quantitative estimate of drug-likeness (QED) is 0.474. The molecule has 3 rings (SSSR count). The van der Waals surface area contributed by atoms with Crippen LogP contribution in [0, 0.1) is 13.8 Å². The van der Waals surface area contributed by atoms with Gasteiger partial charge in [-0.3, -0.25) is 9.59 Å². The van der Waals surface area contributed by atoms with Gasteiger partial charge in [0.15, 0.2) is 0 Å². The highest BCUT2D eigenvalue weighted by atomic mass is 16.3.